The molecule has 2 rings (SSSR count). The lowest BCUT2D eigenvalue weighted by atomic mass is 10.1. The van der Waals surface area contributed by atoms with Crippen LogP contribution in [0.2, 0.25) is 0 Å². The van der Waals surface area contributed by atoms with E-state index >= 15 is 0 Å². The van der Waals surface area contributed by atoms with E-state index in [0.29, 0.717) is 13.2 Å². The number of esters is 1. The number of likely N-dealkylation sites (N-methyl/N-ethyl adjacent to an activating group) is 1. The first kappa shape index (κ1) is 16.4. The van der Waals surface area contributed by atoms with Gasteiger partial charge in [0.1, 0.15) is 0 Å². The van der Waals surface area contributed by atoms with E-state index in [0.717, 1.165) is 28.6 Å². The van der Waals surface area contributed by atoms with Crippen LogP contribution in [-0.2, 0) is 15.3 Å². The molecular formula is C17H26NO2S+. The van der Waals surface area contributed by atoms with Crippen molar-refractivity contribution in [2.75, 3.05) is 33.3 Å². The highest BCUT2D eigenvalue weighted by Gasteiger charge is 2.32. The Bertz CT molecular complexity index is 441. The number of ether oxygens (including phenoxy) is 1. The number of rotatable bonds is 6. The predicted octanol–water partition coefficient (Wildman–Crippen LogP) is 3.09. The van der Waals surface area contributed by atoms with Crippen LogP contribution < -0.4 is 0 Å². The van der Waals surface area contributed by atoms with Crippen molar-refractivity contribution in [1.29, 1.82) is 0 Å². The van der Waals surface area contributed by atoms with Crippen molar-refractivity contribution >= 4 is 17.7 Å². The lowest BCUT2D eigenvalue weighted by Gasteiger charge is -2.39. The zero-order valence-corrected chi connectivity index (χ0v) is 13.9. The molecule has 1 aromatic rings. The summed E-state index contributed by atoms with van der Waals surface area (Å²) in [5.41, 5.74) is 1.40. The van der Waals surface area contributed by atoms with E-state index in [4.69, 9.17) is 4.74 Å². The molecule has 1 fully saturated rings. The Balaban J connectivity index is 1.73. The molecule has 0 aromatic heterocycles. The monoisotopic (exact) mass is 308 g/mol. The first-order valence-corrected chi connectivity index (χ1v) is 8.81. The third kappa shape index (κ3) is 5.36. The summed E-state index contributed by atoms with van der Waals surface area (Å²) in [6.45, 7) is 5.01. The fourth-order valence-electron chi connectivity index (χ4n) is 2.80. The van der Waals surface area contributed by atoms with Gasteiger partial charge >= 0.3 is 5.97 Å². The summed E-state index contributed by atoms with van der Waals surface area (Å²) in [4.78, 5) is 11.7. The standard InChI is InChI=1S/C17H26NO2S/c1-3-20-17(19)13-18(2)11-9-16(10-12-18)21-14-15-7-5-4-6-8-15/h4-8,16H,3,9-14H2,1-2H3/q+1. The molecular weight excluding hydrogens is 282 g/mol. The van der Waals surface area contributed by atoms with Gasteiger partial charge in [-0.3, -0.25) is 0 Å². The zero-order valence-electron chi connectivity index (χ0n) is 13.1. The maximum Gasteiger partial charge on any atom is 0.361 e. The van der Waals surface area contributed by atoms with Gasteiger partial charge in [-0.05, 0) is 12.5 Å². The van der Waals surface area contributed by atoms with Crippen LogP contribution in [-0.4, -0.2) is 49.0 Å². The minimum absolute atomic E-state index is 0.0598. The highest BCUT2D eigenvalue weighted by molar-refractivity contribution is 7.99. The molecule has 1 heterocycles. The van der Waals surface area contributed by atoms with Gasteiger partial charge in [0.15, 0.2) is 6.54 Å². The second-order valence-corrected chi connectivity index (χ2v) is 7.31. The highest BCUT2D eigenvalue weighted by atomic mass is 32.2. The molecule has 0 amide bonds. The molecule has 0 aliphatic carbocycles. The van der Waals surface area contributed by atoms with Crippen molar-refractivity contribution in [3.05, 3.63) is 35.9 Å². The molecule has 1 saturated heterocycles. The Morgan fingerprint density at radius 1 is 1.29 bits per heavy atom. The molecule has 0 unspecified atom stereocenters. The maximum atomic E-state index is 11.7. The van der Waals surface area contributed by atoms with E-state index in [1.807, 2.05) is 6.92 Å². The third-order valence-corrected chi connectivity index (χ3v) is 5.57. The Labute approximate surface area is 132 Å². The van der Waals surface area contributed by atoms with Gasteiger partial charge in [0.2, 0.25) is 0 Å². The number of hydrogen-bond donors (Lipinski definition) is 0. The maximum absolute atomic E-state index is 11.7. The molecule has 0 spiro atoms. The van der Waals surface area contributed by atoms with Crippen LogP contribution in [0.3, 0.4) is 0 Å². The first-order valence-electron chi connectivity index (χ1n) is 7.76. The average molecular weight is 308 g/mol. The largest absolute Gasteiger partial charge is 0.462 e. The van der Waals surface area contributed by atoms with Crippen molar-refractivity contribution < 1.29 is 14.0 Å². The molecule has 3 nitrogen and oxygen atoms in total. The predicted molar refractivity (Wildman–Crippen MR) is 88.2 cm³/mol. The van der Waals surface area contributed by atoms with Gasteiger partial charge in [-0.25, -0.2) is 4.79 Å². The average Bonchev–Trinajstić information content (AvgIpc) is 2.48. The van der Waals surface area contributed by atoms with Crippen molar-refractivity contribution in [3.8, 4) is 0 Å². The number of thioether (sulfide) groups is 1. The van der Waals surface area contributed by atoms with E-state index in [2.05, 4.69) is 49.1 Å². The number of piperidine rings is 1. The number of likely N-dealkylation sites (tertiary alicyclic amines) is 1. The van der Waals surface area contributed by atoms with Crippen molar-refractivity contribution in [1.82, 2.24) is 0 Å². The van der Waals surface area contributed by atoms with Crippen molar-refractivity contribution in [3.63, 3.8) is 0 Å². The molecule has 1 aliphatic heterocycles. The normalized spacial score (nSPS) is 25.5. The van der Waals surface area contributed by atoms with Crippen LogP contribution in [0.25, 0.3) is 0 Å². The summed E-state index contributed by atoms with van der Waals surface area (Å²) in [5, 5.41) is 0.721. The molecule has 0 radical (unpaired) electrons. The Hall–Kier alpha value is -1.00. The van der Waals surface area contributed by atoms with E-state index in [-0.39, 0.29) is 5.97 Å². The second-order valence-electron chi connectivity index (χ2n) is 6.03. The molecule has 0 bridgehead atoms. The Morgan fingerprint density at radius 2 is 1.95 bits per heavy atom. The number of quaternary nitrogens is 1. The van der Waals surface area contributed by atoms with Gasteiger partial charge in [-0.1, -0.05) is 30.3 Å². The summed E-state index contributed by atoms with van der Waals surface area (Å²) in [5.74, 6) is 1.03. The summed E-state index contributed by atoms with van der Waals surface area (Å²) in [6.07, 6.45) is 2.38. The number of carbonyl (C=O) groups is 1. The van der Waals surface area contributed by atoms with Crippen LogP contribution in [0, 0.1) is 0 Å². The smallest absolute Gasteiger partial charge is 0.361 e. The molecule has 4 heteroatoms. The van der Waals surface area contributed by atoms with E-state index < -0.39 is 0 Å². The van der Waals surface area contributed by atoms with Gasteiger partial charge in [-0.15, -0.1) is 0 Å². The quantitative estimate of drug-likeness (QED) is 0.597. The minimum Gasteiger partial charge on any atom is -0.462 e. The SMILES string of the molecule is CCOC(=O)C[N+]1(C)CCC(SCc2ccccc2)CC1. The van der Waals surface area contributed by atoms with E-state index in [1.54, 1.807) is 0 Å². The molecule has 21 heavy (non-hydrogen) atoms. The highest BCUT2D eigenvalue weighted by Crippen LogP contribution is 2.28. The number of carbonyl (C=O) groups excluding carboxylic acids is 1. The van der Waals surface area contributed by atoms with Crippen LogP contribution in [0.1, 0.15) is 25.3 Å². The summed E-state index contributed by atoms with van der Waals surface area (Å²) >= 11 is 2.05. The topological polar surface area (TPSA) is 26.3 Å². The van der Waals surface area contributed by atoms with Crippen molar-refractivity contribution in [2.24, 2.45) is 0 Å². The minimum atomic E-state index is -0.0598. The van der Waals surface area contributed by atoms with Crippen LogP contribution in [0.15, 0.2) is 30.3 Å². The number of nitrogens with zero attached hydrogens (tertiary/aromatic N) is 1. The molecule has 116 valence electrons. The zero-order chi connectivity index (χ0) is 15.1. The molecule has 0 N–H and O–H groups in total. The van der Waals surface area contributed by atoms with Gasteiger partial charge < -0.3 is 9.22 Å². The van der Waals surface area contributed by atoms with Crippen LogP contribution in [0.4, 0.5) is 0 Å². The van der Waals surface area contributed by atoms with E-state index in [9.17, 15) is 4.79 Å². The fourth-order valence-corrected chi connectivity index (χ4v) is 3.96. The van der Waals surface area contributed by atoms with E-state index in [1.165, 1.54) is 18.4 Å². The number of benzene rings is 1. The first-order chi connectivity index (χ1) is 10.1. The van der Waals surface area contributed by atoms with Crippen LogP contribution in [0.5, 0.6) is 0 Å². The van der Waals surface area contributed by atoms with Gasteiger partial charge in [0.05, 0.1) is 26.7 Å². The van der Waals surface area contributed by atoms with Crippen molar-refractivity contribution in [2.45, 2.75) is 30.8 Å². The summed E-state index contributed by atoms with van der Waals surface area (Å²) < 4.78 is 5.92. The molecule has 1 aliphatic rings. The Morgan fingerprint density at radius 3 is 2.57 bits per heavy atom. The summed E-state index contributed by atoms with van der Waals surface area (Å²) in [6, 6.07) is 10.6. The second kappa shape index (κ2) is 7.85. The molecule has 0 saturated carbocycles. The molecule has 0 atom stereocenters. The summed E-state index contributed by atoms with van der Waals surface area (Å²) in [7, 11) is 2.18. The van der Waals surface area contributed by atoms with Gasteiger partial charge in [-0.2, -0.15) is 11.8 Å². The fraction of sp³-hybridized carbons (Fsp3) is 0.588. The lowest BCUT2D eigenvalue weighted by Crippen LogP contribution is -2.53. The molecule has 1 aromatic carbocycles. The number of hydrogen-bond acceptors (Lipinski definition) is 3. The van der Waals surface area contributed by atoms with Gasteiger partial charge in [0.25, 0.3) is 0 Å². The third-order valence-electron chi connectivity index (χ3n) is 4.13. The van der Waals surface area contributed by atoms with Crippen LogP contribution >= 0.6 is 11.8 Å². The van der Waals surface area contributed by atoms with Gasteiger partial charge in [0, 0.05) is 23.8 Å². The lowest BCUT2D eigenvalue weighted by molar-refractivity contribution is -0.906. The Kier molecular flexibility index (Phi) is 6.12.